The summed E-state index contributed by atoms with van der Waals surface area (Å²) in [7, 11) is 1.76. The highest BCUT2D eigenvalue weighted by molar-refractivity contribution is 7.20. The SMILES string of the molecule is CN(Cc1ccc(N2CCOCC2)cc1)C(=O)c1cc(Cl)sc1Cl. The molecule has 1 aromatic heterocycles. The predicted molar refractivity (Wildman–Crippen MR) is 99.6 cm³/mol. The third-order valence-electron chi connectivity index (χ3n) is 3.97. The van der Waals surface area contributed by atoms with E-state index in [1.807, 2.05) is 0 Å². The van der Waals surface area contributed by atoms with E-state index >= 15 is 0 Å². The van der Waals surface area contributed by atoms with E-state index in [1.54, 1.807) is 18.0 Å². The van der Waals surface area contributed by atoms with Gasteiger partial charge in [-0.25, -0.2) is 0 Å². The van der Waals surface area contributed by atoms with Crippen molar-refractivity contribution in [1.82, 2.24) is 4.90 Å². The summed E-state index contributed by atoms with van der Waals surface area (Å²) in [6.07, 6.45) is 0. The van der Waals surface area contributed by atoms with Gasteiger partial charge in [-0.1, -0.05) is 35.3 Å². The number of anilines is 1. The molecule has 0 atom stereocenters. The van der Waals surface area contributed by atoms with Gasteiger partial charge in [-0.15, -0.1) is 11.3 Å². The van der Waals surface area contributed by atoms with E-state index in [0.717, 1.165) is 31.9 Å². The zero-order chi connectivity index (χ0) is 17.1. The topological polar surface area (TPSA) is 32.8 Å². The molecule has 1 saturated heterocycles. The zero-order valence-electron chi connectivity index (χ0n) is 13.3. The van der Waals surface area contributed by atoms with Crippen molar-refractivity contribution < 1.29 is 9.53 Å². The average Bonchev–Trinajstić information content (AvgIpc) is 2.94. The summed E-state index contributed by atoms with van der Waals surface area (Å²) in [6.45, 7) is 3.88. The highest BCUT2D eigenvalue weighted by Gasteiger charge is 2.18. The fraction of sp³-hybridized carbons (Fsp3) is 0.353. The maximum Gasteiger partial charge on any atom is 0.256 e. The second kappa shape index (κ2) is 7.74. The number of halogens is 2. The first kappa shape index (κ1) is 17.5. The van der Waals surface area contributed by atoms with Crippen molar-refractivity contribution in [2.45, 2.75) is 6.54 Å². The number of amides is 1. The molecule has 2 aromatic rings. The van der Waals surface area contributed by atoms with Crippen molar-refractivity contribution in [1.29, 1.82) is 0 Å². The van der Waals surface area contributed by atoms with Crippen LogP contribution in [0.2, 0.25) is 8.67 Å². The third-order valence-corrected chi connectivity index (χ3v) is 5.45. The molecule has 2 heterocycles. The Morgan fingerprint density at radius 2 is 1.92 bits per heavy atom. The number of hydrogen-bond acceptors (Lipinski definition) is 4. The second-order valence-electron chi connectivity index (χ2n) is 5.66. The Bertz CT molecular complexity index is 712. The van der Waals surface area contributed by atoms with Gasteiger partial charge in [0.25, 0.3) is 5.91 Å². The molecule has 128 valence electrons. The van der Waals surface area contributed by atoms with Gasteiger partial charge in [0.2, 0.25) is 0 Å². The first-order valence-electron chi connectivity index (χ1n) is 7.66. The summed E-state index contributed by atoms with van der Waals surface area (Å²) in [6, 6.07) is 9.91. The van der Waals surface area contributed by atoms with Gasteiger partial charge >= 0.3 is 0 Å². The largest absolute Gasteiger partial charge is 0.378 e. The van der Waals surface area contributed by atoms with Gasteiger partial charge in [-0.05, 0) is 23.8 Å². The van der Waals surface area contributed by atoms with E-state index in [2.05, 4.69) is 29.2 Å². The van der Waals surface area contributed by atoms with E-state index in [1.165, 1.54) is 17.0 Å². The van der Waals surface area contributed by atoms with Crippen LogP contribution >= 0.6 is 34.5 Å². The second-order valence-corrected chi connectivity index (χ2v) is 7.95. The van der Waals surface area contributed by atoms with Crippen molar-refractivity contribution in [2.24, 2.45) is 0 Å². The zero-order valence-corrected chi connectivity index (χ0v) is 15.6. The fourth-order valence-corrected chi connectivity index (χ4v) is 4.12. The minimum absolute atomic E-state index is 0.125. The van der Waals surface area contributed by atoms with Crippen molar-refractivity contribution >= 4 is 46.1 Å². The number of rotatable bonds is 4. The highest BCUT2D eigenvalue weighted by Crippen LogP contribution is 2.32. The third kappa shape index (κ3) is 4.03. The standard InChI is InChI=1S/C17H18Cl2N2O2S/c1-20(17(22)14-10-15(18)24-16(14)19)11-12-2-4-13(5-3-12)21-6-8-23-9-7-21/h2-5,10H,6-9,11H2,1H3. The van der Waals surface area contributed by atoms with Gasteiger partial charge < -0.3 is 14.5 Å². The van der Waals surface area contributed by atoms with Gasteiger partial charge in [0, 0.05) is 32.4 Å². The minimum atomic E-state index is -0.125. The Kier molecular flexibility index (Phi) is 5.66. The lowest BCUT2D eigenvalue weighted by Crippen LogP contribution is -2.36. The van der Waals surface area contributed by atoms with Crippen molar-refractivity contribution in [3.63, 3.8) is 0 Å². The van der Waals surface area contributed by atoms with Gasteiger partial charge in [-0.2, -0.15) is 0 Å². The number of hydrogen-bond donors (Lipinski definition) is 0. The number of nitrogens with zero attached hydrogens (tertiary/aromatic N) is 2. The quantitative estimate of drug-likeness (QED) is 0.792. The van der Waals surface area contributed by atoms with Crippen molar-refractivity contribution in [3.05, 3.63) is 50.1 Å². The highest BCUT2D eigenvalue weighted by atomic mass is 35.5. The Labute approximate surface area is 155 Å². The lowest BCUT2D eigenvalue weighted by Gasteiger charge is -2.29. The van der Waals surface area contributed by atoms with Crippen molar-refractivity contribution in [2.75, 3.05) is 38.3 Å². The maximum atomic E-state index is 12.5. The molecule has 0 aliphatic carbocycles. The van der Waals surface area contributed by atoms with Crippen LogP contribution in [-0.2, 0) is 11.3 Å². The molecule has 0 bridgehead atoms. The molecule has 0 spiro atoms. The number of morpholine rings is 1. The van der Waals surface area contributed by atoms with E-state index in [-0.39, 0.29) is 5.91 Å². The minimum Gasteiger partial charge on any atom is -0.378 e. The molecule has 1 aliphatic rings. The molecule has 0 saturated carbocycles. The molecule has 1 aliphatic heterocycles. The summed E-state index contributed by atoms with van der Waals surface area (Å²) in [4.78, 5) is 16.4. The molecule has 1 aromatic carbocycles. The van der Waals surface area contributed by atoms with Crippen LogP contribution < -0.4 is 4.90 Å². The van der Waals surface area contributed by atoms with Crippen LogP contribution in [0.5, 0.6) is 0 Å². The predicted octanol–water partition coefficient (Wildman–Crippen LogP) is 4.16. The lowest BCUT2D eigenvalue weighted by atomic mass is 10.1. The van der Waals surface area contributed by atoms with Crippen LogP contribution in [0.15, 0.2) is 30.3 Å². The Balaban J connectivity index is 1.64. The summed E-state index contributed by atoms with van der Waals surface area (Å²) in [5, 5.41) is 0. The van der Waals surface area contributed by atoms with Gasteiger partial charge in [-0.3, -0.25) is 4.79 Å². The Morgan fingerprint density at radius 3 is 2.50 bits per heavy atom. The number of benzene rings is 1. The van der Waals surface area contributed by atoms with Crippen LogP contribution in [0.25, 0.3) is 0 Å². The smallest absolute Gasteiger partial charge is 0.256 e. The van der Waals surface area contributed by atoms with E-state index in [0.29, 0.717) is 20.8 Å². The molecule has 1 fully saturated rings. The van der Waals surface area contributed by atoms with Gasteiger partial charge in [0.05, 0.1) is 23.1 Å². The summed E-state index contributed by atoms with van der Waals surface area (Å²) in [5.74, 6) is -0.125. The molecular weight excluding hydrogens is 367 g/mol. The summed E-state index contributed by atoms with van der Waals surface area (Å²) in [5.41, 5.74) is 2.71. The number of carbonyl (C=O) groups excluding carboxylic acids is 1. The van der Waals surface area contributed by atoms with Crippen LogP contribution in [0.1, 0.15) is 15.9 Å². The number of carbonyl (C=O) groups is 1. The summed E-state index contributed by atoms with van der Waals surface area (Å²) < 4.78 is 6.32. The Morgan fingerprint density at radius 1 is 1.25 bits per heavy atom. The lowest BCUT2D eigenvalue weighted by molar-refractivity contribution is 0.0786. The van der Waals surface area contributed by atoms with Gasteiger partial charge in [0.15, 0.2) is 0 Å². The Hall–Kier alpha value is -1.27. The van der Waals surface area contributed by atoms with E-state index < -0.39 is 0 Å². The number of thiophene rings is 1. The molecule has 0 radical (unpaired) electrons. The molecular formula is C17H18Cl2N2O2S. The first-order chi connectivity index (χ1) is 11.5. The summed E-state index contributed by atoms with van der Waals surface area (Å²) >= 11 is 13.2. The van der Waals surface area contributed by atoms with E-state index in [4.69, 9.17) is 27.9 Å². The molecule has 1 amide bonds. The van der Waals surface area contributed by atoms with Crippen LogP contribution in [0.3, 0.4) is 0 Å². The van der Waals surface area contributed by atoms with Crippen LogP contribution in [0, 0.1) is 0 Å². The fourth-order valence-electron chi connectivity index (χ4n) is 2.67. The van der Waals surface area contributed by atoms with Gasteiger partial charge in [0.1, 0.15) is 4.34 Å². The molecule has 3 rings (SSSR count). The average molecular weight is 385 g/mol. The van der Waals surface area contributed by atoms with E-state index in [9.17, 15) is 4.79 Å². The molecule has 4 nitrogen and oxygen atoms in total. The molecule has 24 heavy (non-hydrogen) atoms. The van der Waals surface area contributed by atoms with Crippen molar-refractivity contribution in [3.8, 4) is 0 Å². The van der Waals surface area contributed by atoms with Crippen LogP contribution in [0.4, 0.5) is 5.69 Å². The molecule has 7 heteroatoms. The first-order valence-corrected chi connectivity index (χ1v) is 9.24. The van der Waals surface area contributed by atoms with Crippen LogP contribution in [-0.4, -0.2) is 44.2 Å². The number of ether oxygens (including phenoxy) is 1. The normalized spacial score (nSPS) is 14.7. The maximum absolute atomic E-state index is 12.5. The monoisotopic (exact) mass is 384 g/mol. The molecule has 0 N–H and O–H groups in total. The molecule has 0 unspecified atom stereocenters.